The van der Waals surface area contributed by atoms with Gasteiger partial charge < -0.3 is 9.88 Å². The third-order valence-corrected chi connectivity index (χ3v) is 3.42. The van der Waals surface area contributed by atoms with Crippen LogP contribution in [0.25, 0.3) is 10.9 Å². The van der Waals surface area contributed by atoms with Crippen LogP contribution in [0.15, 0.2) is 29.1 Å². The molecule has 22 heavy (non-hydrogen) atoms. The molecule has 0 fully saturated rings. The van der Waals surface area contributed by atoms with Crippen molar-refractivity contribution < 1.29 is 4.79 Å². The fraction of sp³-hybridized carbons (Fsp3) is 0.471. The molecule has 1 heterocycles. The van der Waals surface area contributed by atoms with Crippen molar-refractivity contribution in [2.24, 2.45) is 5.41 Å². The fourth-order valence-electron chi connectivity index (χ4n) is 2.33. The first kappa shape index (κ1) is 16.2. The predicted molar refractivity (Wildman–Crippen MR) is 87.5 cm³/mol. The van der Waals surface area contributed by atoms with E-state index in [9.17, 15) is 9.59 Å². The highest BCUT2D eigenvalue weighted by Crippen LogP contribution is 2.20. The van der Waals surface area contributed by atoms with E-state index in [0.29, 0.717) is 36.2 Å². The molecule has 118 valence electrons. The normalized spacial score (nSPS) is 11.6. The molecule has 0 atom stereocenters. The molecule has 1 amide bonds. The van der Waals surface area contributed by atoms with Crippen LogP contribution in [-0.2, 0) is 11.3 Å². The molecule has 0 aliphatic rings. The number of hydrogen-bond donors (Lipinski definition) is 1. The molecule has 2 aromatic rings. The quantitative estimate of drug-likeness (QED) is 0.944. The standard InChI is InChI=1S/C17H23N3O2/c1-5-20(15(21)10-17(2,3)4)11-14-18-13-9-7-6-8-12(13)16(22)19-14/h6-9H,5,10-11H2,1-4H3,(H,18,19,22). The number of amides is 1. The molecule has 0 bridgehead atoms. The molecule has 0 aliphatic heterocycles. The monoisotopic (exact) mass is 301 g/mol. The molecule has 0 radical (unpaired) electrons. The number of aromatic amines is 1. The van der Waals surface area contributed by atoms with Crippen molar-refractivity contribution in [3.05, 3.63) is 40.4 Å². The number of aromatic nitrogens is 2. The number of carbonyl (C=O) groups is 1. The Labute approximate surface area is 130 Å². The van der Waals surface area contributed by atoms with Gasteiger partial charge in [0, 0.05) is 13.0 Å². The number of benzene rings is 1. The largest absolute Gasteiger partial charge is 0.335 e. The van der Waals surface area contributed by atoms with Crippen molar-refractivity contribution in [3.63, 3.8) is 0 Å². The first-order chi connectivity index (χ1) is 10.3. The lowest BCUT2D eigenvalue weighted by atomic mass is 9.91. The minimum absolute atomic E-state index is 0.0608. The van der Waals surface area contributed by atoms with Gasteiger partial charge in [0.05, 0.1) is 17.4 Å². The number of para-hydroxylation sites is 1. The average Bonchev–Trinajstić information content (AvgIpc) is 2.43. The van der Waals surface area contributed by atoms with E-state index in [1.54, 1.807) is 17.0 Å². The number of nitrogens with one attached hydrogen (secondary N) is 1. The third kappa shape index (κ3) is 3.93. The summed E-state index contributed by atoms with van der Waals surface area (Å²) >= 11 is 0. The average molecular weight is 301 g/mol. The Bertz CT molecular complexity index is 728. The van der Waals surface area contributed by atoms with E-state index in [-0.39, 0.29) is 16.9 Å². The zero-order valence-corrected chi connectivity index (χ0v) is 13.6. The maximum Gasteiger partial charge on any atom is 0.258 e. The molecular formula is C17H23N3O2. The van der Waals surface area contributed by atoms with Gasteiger partial charge in [0.25, 0.3) is 5.56 Å². The van der Waals surface area contributed by atoms with Crippen molar-refractivity contribution in [2.75, 3.05) is 6.54 Å². The Morgan fingerprint density at radius 2 is 1.95 bits per heavy atom. The third-order valence-electron chi connectivity index (χ3n) is 3.42. The van der Waals surface area contributed by atoms with E-state index in [1.165, 1.54) is 0 Å². The highest BCUT2D eigenvalue weighted by molar-refractivity contribution is 5.78. The molecule has 1 aromatic carbocycles. The number of nitrogens with zero attached hydrogens (tertiary/aromatic N) is 2. The second-order valence-corrected chi connectivity index (χ2v) is 6.68. The lowest BCUT2D eigenvalue weighted by molar-refractivity contribution is -0.133. The Morgan fingerprint density at radius 1 is 1.27 bits per heavy atom. The van der Waals surface area contributed by atoms with Crippen LogP contribution in [0.2, 0.25) is 0 Å². The van der Waals surface area contributed by atoms with Gasteiger partial charge in [-0.3, -0.25) is 9.59 Å². The van der Waals surface area contributed by atoms with Gasteiger partial charge in [0.1, 0.15) is 5.82 Å². The van der Waals surface area contributed by atoms with E-state index in [4.69, 9.17) is 0 Å². The second-order valence-electron chi connectivity index (χ2n) is 6.68. The maximum absolute atomic E-state index is 12.3. The van der Waals surface area contributed by atoms with Crippen molar-refractivity contribution in [3.8, 4) is 0 Å². The first-order valence-corrected chi connectivity index (χ1v) is 7.56. The van der Waals surface area contributed by atoms with Crippen LogP contribution in [0.1, 0.15) is 39.9 Å². The summed E-state index contributed by atoms with van der Waals surface area (Å²) in [5.74, 6) is 0.596. The summed E-state index contributed by atoms with van der Waals surface area (Å²) < 4.78 is 0. The van der Waals surface area contributed by atoms with E-state index in [2.05, 4.69) is 9.97 Å². The molecule has 1 N–H and O–H groups in total. The topological polar surface area (TPSA) is 66.1 Å². The summed E-state index contributed by atoms with van der Waals surface area (Å²) in [5.41, 5.74) is 0.426. The predicted octanol–water partition coefficient (Wildman–Crippen LogP) is 2.71. The number of fused-ring (bicyclic) bond motifs is 1. The molecule has 0 saturated heterocycles. The van der Waals surface area contributed by atoms with Gasteiger partial charge in [-0.25, -0.2) is 4.98 Å². The highest BCUT2D eigenvalue weighted by Gasteiger charge is 2.21. The number of rotatable bonds is 4. The first-order valence-electron chi connectivity index (χ1n) is 7.56. The minimum atomic E-state index is -0.167. The molecule has 0 unspecified atom stereocenters. The highest BCUT2D eigenvalue weighted by atomic mass is 16.2. The van der Waals surface area contributed by atoms with Gasteiger partial charge in [-0.1, -0.05) is 32.9 Å². The van der Waals surface area contributed by atoms with Gasteiger partial charge >= 0.3 is 0 Å². The molecule has 0 aliphatic carbocycles. The summed E-state index contributed by atoms with van der Waals surface area (Å²) in [7, 11) is 0. The zero-order chi connectivity index (χ0) is 16.3. The Kier molecular flexibility index (Phi) is 4.64. The van der Waals surface area contributed by atoms with Crippen molar-refractivity contribution in [2.45, 2.75) is 40.7 Å². The van der Waals surface area contributed by atoms with Crippen molar-refractivity contribution in [1.29, 1.82) is 0 Å². The van der Waals surface area contributed by atoms with Crippen LogP contribution in [0.4, 0.5) is 0 Å². The molecule has 1 aromatic heterocycles. The van der Waals surface area contributed by atoms with E-state index >= 15 is 0 Å². The second kappa shape index (κ2) is 6.30. The summed E-state index contributed by atoms with van der Waals surface area (Å²) in [6, 6.07) is 7.21. The molecular weight excluding hydrogens is 278 g/mol. The molecule has 5 heteroatoms. The smallest absolute Gasteiger partial charge is 0.258 e. The van der Waals surface area contributed by atoms with Gasteiger partial charge in [0.2, 0.25) is 5.91 Å². The van der Waals surface area contributed by atoms with Crippen LogP contribution >= 0.6 is 0 Å². The van der Waals surface area contributed by atoms with Gasteiger partial charge in [-0.2, -0.15) is 0 Å². The molecule has 2 rings (SSSR count). The lowest BCUT2D eigenvalue weighted by Gasteiger charge is -2.25. The minimum Gasteiger partial charge on any atom is -0.335 e. The van der Waals surface area contributed by atoms with Crippen molar-refractivity contribution in [1.82, 2.24) is 14.9 Å². The fourth-order valence-corrected chi connectivity index (χ4v) is 2.33. The summed E-state index contributed by atoms with van der Waals surface area (Å²) in [5, 5.41) is 0.565. The van der Waals surface area contributed by atoms with Crippen LogP contribution in [0.5, 0.6) is 0 Å². The molecule has 0 spiro atoms. The number of carbonyl (C=O) groups excluding carboxylic acids is 1. The Hall–Kier alpha value is -2.17. The molecule has 5 nitrogen and oxygen atoms in total. The van der Waals surface area contributed by atoms with Gasteiger partial charge in [-0.15, -0.1) is 0 Å². The van der Waals surface area contributed by atoms with Crippen LogP contribution < -0.4 is 5.56 Å². The van der Waals surface area contributed by atoms with E-state index < -0.39 is 0 Å². The van der Waals surface area contributed by atoms with Crippen LogP contribution in [-0.4, -0.2) is 27.3 Å². The van der Waals surface area contributed by atoms with E-state index in [1.807, 2.05) is 39.8 Å². The van der Waals surface area contributed by atoms with Gasteiger partial charge in [0.15, 0.2) is 0 Å². The summed E-state index contributed by atoms with van der Waals surface area (Å²) in [6.07, 6.45) is 0.471. The summed E-state index contributed by atoms with van der Waals surface area (Å²) in [4.78, 5) is 33.4. The van der Waals surface area contributed by atoms with Crippen molar-refractivity contribution >= 4 is 16.8 Å². The lowest BCUT2D eigenvalue weighted by Crippen LogP contribution is -2.34. The van der Waals surface area contributed by atoms with Gasteiger partial charge in [-0.05, 0) is 24.5 Å². The van der Waals surface area contributed by atoms with Crippen LogP contribution in [0.3, 0.4) is 0 Å². The SMILES string of the molecule is CCN(Cc1nc2ccccc2c(=O)[nH]1)C(=O)CC(C)(C)C. The molecule has 0 saturated carbocycles. The zero-order valence-electron chi connectivity index (χ0n) is 13.6. The number of hydrogen-bond acceptors (Lipinski definition) is 3. The number of H-pyrrole nitrogens is 1. The Morgan fingerprint density at radius 3 is 2.59 bits per heavy atom. The van der Waals surface area contributed by atoms with Crippen LogP contribution in [0, 0.1) is 5.41 Å². The van der Waals surface area contributed by atoms with E-state index in [0.717, 1.165) is 0 Å². The summed E-state index contributed by atoms with van der Waals surface area (Å²) in [6.45, 7) is 8.95. The Balaban J connectivity index is 2.25. The maximum atomic E-state index is 12.3.